The van der Waals surface area contributed by atoms with E-state index < -0.39 is 8.80 Å². The first-order valence-corrected chi connectivity index (χ1v) is 14.9. The number of halogens is 1. The minimum absolute atomic E-state index is 0.0340. The molecule has 28 heavy (non-hydrogen) atoms. The lowest BCUT2D eigenvalue weighted by atomic mass is 9.79. The summed E-state index contributed by atoms with van der Waals surface area (Å²) in [6, 6.07) is 10.7. The molecule has 0 N–H and O–H groups in total. The molecule has 0 aromatic heterocycles. The van der Waals surface area contributed by atoms with E-state index in [1.807, 2.05) is 12.1 Å². The van der Waals surface area contributed by atoms with Crippen molar-refractivity contribution in [1.29, 1.82) is 0 Å². The van der Waals surface area contributed by atoms with E-state index in [2.05, 4.69) is 19.9 Å². The lowest BCUT2D eigenvalue weighted by Gasteiger charge is -2.29. The third kappa shape index (κ3) is 6.44. The van der Waals surface area contributed by atoms with Crippen molar-refractivity contribution in [2.24, 2.45) is 11.8 Å². The Morgan fingerprint density at radius 3 is 2.29 bits per heavy atom. The van der Waals surface area contributed by atoms with Gasteiger partial charge in [0.15, 0.2) is 0 Å². The topological polar surface area (TPSA) is 0 Å². The second-order valence-electron chi connectivity index (χ2n) is 9.90. The first-order chi connectivity index (χ1) is 13.7. The Balaban J connectivity index is 1.32. The first kappa shape index (κ1) is 22.1. The van der Waals surface area contributed by atoms with Crippen molar-refractivity contribution in [2.75, 3.05) is 0 Å². The first-order valence-electron chi connectivity index (χ1n) is 12.5. The lowest BCUT2D eigenvalue weighted by molar-refractivity contribution is 0.255. The fourth-order valence-electron chi connectivity index (χ4n) is 5.87. The summed E-state index contributed by atoms with van der Waals surface area (Å²) in [6.07, 6.45) is 16.4. The van der Waals surface area contributed by atoms with Crippen molar-refractivity contribution < 1.29 is 4.39 Å². The van der Waals surface area contributed by atoms with Gasteiger partial charge in [0, 0.05) is 8.80 Å². The van der Waals surface area contributed by atoms with Gasteiger partial charge in [0.05, 0.1) is 0 Å². The smallest absolute Gasteiger partial charge is 0.126 e. The van der Waals surface area contributed by atoms with Crippen LogP contribution in [0.4, 0.5) is 4.39 Å². The van der Waals surface area contributed by atoms with Gasteiger partial charge in [0.2, 0.25) is 0 Å². The monoisotopic (exact) mass is 402 g/mol. The average Bonchev–Trinajstić information content (AvgIpc) is 2.74. The average molecular weight is 403 g/mol. The third-order valence-electron chi connectivity index (χ3n) is 7.93. The second-order valence-corrected chi connectivity index (χ2v) is 13.4. The van der Waals surface area contributed by atoms with Crippen LogP contribution in [0.1, 0.15) is 102 Å². The summed E-state index contributed by atoms with van der Waals surface area (Å²) in [6.45, 7) is 4.48. The van der Waals surface area contributed by atoms with Gasteiger partial charge in [0.25, 0.3) is 0 Å². The van der Waals surface area contributed by atoms with Crippen LogP contribution >= 0.6 is 0 Å². The molecular weight excluding hydrogens is 359 g/mol. The zero-order valence-electron chi connectivity index (χ0n) is 18.5. The summed E-state index contributed by atoms with van der Waals surface area (Å²) in [5.41, 5.74) is 2.17. The fourth-order valence-corrected chi connectivity index (χ4v) is 9.35. The van der Waals surface area contributed by atoms with Crippen LogP contribution in [-0.2, 0) is 6.42 Å². The zero-order chi connectivity index (χ0) is 19.8. The van der Waals surface area contributed by atoms with Gasteiger partial charge in [-0.2, -0.15) is 0 Å². The van der Waals surface area contributed by atoms with E-state index in [0.717, 1.165) is 30.2 Å². The standard InChI is InChI=1S/C26H43FSi/c1-3-7-24-13-14-25(20-26(24)27)23-15-18-28(19-16-23)17-6-5-8-22-11-9-21(4-2)10-12-22/h13-14,20-23,28H,3-12,15-19H2,1-2H3. The van der Waals surface area contributed by atoms with Gasteiger partial charge < -0.3 is 0 Å². The Bertz CT molecular complexity index is 568. The highest BCUT2D eigenvalue weighted by Crippen LogP contribution is 2.37. The van der Waals surface area contributed by atoms with Gasteiger partial charge in [-0.3, -0.25) is 0 Å². The predicted molar refractivity (Wildman–Crippen MR) is 124 cm³/mol. The van der Waals surface area contributed by atoms with E-state index in [-0.39, 0.29) is 5.82 Å². The highest BCUT2D eigenvalue weighted by Gasteiger charge is 2.24. The Morgan fingerprint density at radius 1 is 0.929 bits per heavy atom. The van der Waals surface area contributed by atoms with Crippen molar-refractivity contribution >= 4 is 8.80 Å². The van der Waals surface area contributed by atoms with Crippen LogP contribution in [0, 0.1) is 17.7 Å². The molecule has 1 heterocycles. The van der Waals surface area contributed by atoms with Crippen LogP contribution in [0.25, 0.3) is 0 Å². The maximum atomic E-state index is 14.3. The molecule has 0 bridgehead atoms. The molecule has 0 amide bonds. The van der Waals surface area contributed by atoms with Crippen LogP contribution in [0.5, 0.6) is 0 Å². The number of rotatable bonds is 9. The molecule has 1 aromatic rings. The van der Waals surface area contributed by atoms with Crippen LogP contribution in [-0.4, -0.2) is 8.80 Å². The van der Waals surface area contributed by atoms with Crippen LogP contribution in [0.3, 0.4) is 0 Å². The van der Waals surface area contributed by atoms with Gasteiger partial charge in [-0.15, -0.1) is 0 Å². The minimum Gasteiger partial charge on any atom is -0.207 e. The Morgan fingerprint density at radius 2 is 1.64 bits per heavy atom. The van der Waals surface area contributed by atoms with Gasteiger partial charge >= 0.3 is 0 Å². The van der Waals surface area contributed by atoms with Gasteiger partial charge in [0.1, 0.15) is 5.82 Å². The Labute approximate surface area is 175 Å². The molecule has 1 saturated carbocycles. The van der Waals surface area contributed by atoms with E-state index >= 15 is 0 Å². The summed E-state index contributed by atoms with van der Waals surface area (Å²) in [7, 11) is -0.505. The highest BCUT2D eigenvalue weighted by atomic mass is 28.3. The lowest BCUT2D eigenvalue weighted by Crippen LogP contribution is -2.20. The number of benzene rings is 1. The second kappa shape index (κ2) is 11.5. The molecule has 0 atom stereocenters. The summed E-state index contributed by atoms with van der Waals surface area (Å²) in [5, 5.41) is 0. The summed E-state index contributed by atoms with van der Waals surface area (Å²) >= 11 is 0. The Kier molecular flexibility index (Phi) is 9.08. The number of aryl methyl sites for hydroxylation is 1. The molecule has 0 spiro atoms. The molecule has 0 unspecified atom stereocenters. The minimum atomic E-state index is -0.505. The molecule has 1 aliphatic heterocycles. The van der Waals surface area contributed by atoms with Crippen LogP contribution < -0.4 is 0 Å². The maximum Gasteiger partial charge on any atom is 0.126 e. The van der Waals surface area contributed by atoms with E-state index in [9.17, 15) is 4.39 Å². The molecule has 2 fully saturated rings. The van der Waals surface area contributed by atoms with Crippen molar-refractivity contribution in [3.05, 3.63) is 35.1 Å². The molecule has 2 aliphatic rings. The van der Waals surface area contributed by atoms with E-state index in [1.54, 1.807) is 6.04 Å². The third-order valence-corrected chi connectivity index (χ3v) is 11.5. The van der Waals surface area contributed by atoms with E-state index in [1.165, 1.54) is 81.9 Å². The maximum absolute atomic E-state index is 14.3. The number of unbranched alkanes of at least 4 members (excludes halogenated alkanes) is 1. The van der Waals surface area contributed by atoms with Crippen LogP contribution in [0.2, 0.25) is 18.1 Å². The van der Waals surface area contributed by atoms with E-state index in [4.69, 9.17) is 0 Å². The van der Waals surface area contributed by atoms with Crippen molar-refractivity contribution in [3.63, 3.8) is 0 Å². The molecule has 1 aliphatic carbocycles. The predicted octanol–water partition coefficient (Wildman–Crippen LogP) is 8.27. The largest absolute Gasteiger partial charge is 0.207 e. The molecule has 1 saturated heterocycles. The molecule has 158 valence electrons. The van der Waals surface area contributed by atoms with E-state index in [0.29, 0.717) is 5.92 Å². The molecule has 2 heteroatoms. The summed E-state index contributed by atoms with van der Waals surface area (Å²) in [5.74, 6) is 2.75. The number of hydrogen-bond acceptors (Lipinski definition) is 0. The van der Waals surface area contributed by atoms with Crippen LogP contribution in [0.15, 0.2) is 18.2 Å². The molecule has 1 aromatic carbocycles. The van der Waals surface area contributed by atoms with Crippen molar-refractivity contribution in [1.82, 2.24) is 0 Å². The van der Waals surface area contributed by atoms with Crippen molar-refractivity contribution in [3.8, 4) is 0 Å². The molecular formula is C26H43FSi. The highest BCUT2D eigenvalue weighted by molar-refractivity contribution is 6.59. The van der Waals surface area contributed by atoms with Gasteiger partial charge in [-0.05, 0) is 54.2 Å². The SMILES string of the molecule is CCCc1ccc(C2CC[SiH](CCCCC3CCC(CC)CC3)CC2)cc1F. The van der Waals surface area contributed by atoms with Gasteiger partial charge in [-0.25, -0.2) is 4.39 Å². The quantitative estimate of drug-likeness (QED) is 0.288. The Hall–Kier alpha value is -0.633. The zero-order valence-corrected chi connectivity index (χ0v) is 19.7. The fraction of sp³-hybridized carbons (Fsp3) is 0.769. The molecule has 3 rings (SSSR count). The number of hydrogen-bond donors (Lipinski definition) is 0. The molecule has 0 radical (unpaired) electrons. The normalized spacial score (nSPS) is 28.4. The summed E-state index contributed by atoms with van der Waals surface area (Å²) < 4.78 is 14.3. The summed E-state index contributed by atoms with van der Waals surface area (Å²) in [4.78, 5) is 0. The molecule has 0 nitrogen and oxygen atoms in total. The van der Waals surface area contributed by atoms with Gasteiger partial charge in [-0.1, -0.05) is 102 Å². The van der Waals surface area contributed by atoms with Crippen molar-refractivity contribution in [2.45, 2.75) is 115 Å².